The predicted molar refractivity (Wildman–Crippen MR) is 67.3 cm³/mol. The third-order valence-electron chi connectivity index (χ3n) is 3.65. The first kappa shape index (κ1) is 13.8. The van der Waals surface area contributed by atoms with Gasteiger partial charge in [0.1, 0.15) is 11.7 Å². The summed E-state index contributed by atoms with van der Waals surface area (Å²) in [6.45, 7) is 5.84. The van der Waals surface area contributed by atoms with Crippen LogP contribution in [0, 0.1) is 5.41 Å². The first-order valence-corrected chi connectivity index (χ1v) is 6.07. The SMILES string of the molecule is COC(=O)C1=C(C(=O)OC)[C@@]2(C(C)(C)C)C=C[C@@H]1O2. The molecule has 2 rings (SSSR count). The summed E-state index contributed by atoms with van der Waals surface area (Å²) < 4.78 is 15.5. The second-order valence-electron chi connectivity index (χ2n) is 5.66. The highest BCUT2D eigenvalue weighted by molar-refractivity contribution is 6.05. The van der Waals surface area contributed by atoms with E-state index in [4.69, 9.17) is 14.2 Å². The summed E-state index contributed by atoms with van der Waals surface area (Å²) in [7, 11) is 2.57. The smallest absolute Gasteiger partial charge is 0.337 e. The van der Waals surface area contributed by atoms with Crippen LogP contribution in [0.25, 0.3) is 0 Å². The van der Waals surface area contributed by atoms with E-state index in [-0.39, 0.29) is 11.1 Å². The van der Waals surface area contributed by atoms with E-state index in [9.17, 15) is 9.59 Å². The molecular weight excluding hydrogens is 248 g/mol. The Morgan fingerprint density at radius 3 is 2.26 bits per heavy atom. The average Bonchev–Trinajstić information content (AvgIpc) is 2.93. The minimum atomic E-state index is -0.936. The molecule has 0 radical (unpaired) electrons. The molecule has 0 saturated heterocycles. The van der Waals surface area contributed by atoms with Crippen LogP contribution in [0.3, 0.4) is 0 Å². The van der Waals surface area contributed by atoms with Gasteiger partial charge in [0.05, 0.1) is 25.4 Å². The Kier molecular flexibility index (Phi) is 3.05. The lowest BCUT2D eigenvalue weighted by atomic mass is 9.70. The molecule has 5 heteroatoms. The van der Waals surface area contributed by atoms with Crippen molar-refractivity contribution in [3.63, 3.8) is 0 Å². The van der Waals surface area contributed by atoms with Crippen molar-refractivity contribution in [3.8, 4) is 0 Å². The molecule has 0 aromatic heterocycles. The molecule has 104 valence electrons. The van der Waals surface area contributed by atoms with Gasteiger partial charge in [-0.3, -0.25) is 0 Å². The molecule has 0 fully saturated rings. The van der Waals surface area contributed by atoms with Crippen LogP contribution in [-0.4, -0.2) is 37.9 Å². The summed E-state index contributed by atoms with van der Waals surface area (Å²) in [4.78, 5) is 24.0. The Morgan fingerprint density at radius 2 is 1.79 bits per heavy atom. The van der Waals surface area contributed by atoms with Crippen LogP contribution >= 0.6 is 0 Å². The molecule has 0 aliphatic carbocycles. The highest BCUT2D eigenvalue weighted by atomic mass is 16.6. The Bertz CT molecular complexity index is 494. The van der Waals surface area contributed by atoms with Crippen LogP contribution in [-0.2, 0) is 23.8 Å². The van der Waals surface area contributed by atoms with E-state index in [0.29, 0.717) is 0 Å². The van der Waals surface area contributed by atoms with Gasteiger partial charge >= 0.3 is 11.9 Å². The van der Waals surface area contributed by atoms with Crippen LogP contribution in [0.4, 0.5) is 0 Å². The maximum atomic E-state index is 12.1. The summed E-state index contributed by atoms with van der Waals surface area (Å²) in [6, 6.07) is 0. The molecule has 0 N–H and O–H groups in total. The van der Waals surface area contributed by atoms with Crippen LogP contribution in [0.15, 0.2) is 23.3 Å². The molecule has 2 bridgehead atoms. The normalized spacial score (nSPS) is 28.8. The monoisotopic (exact) mass is 266 g/mol. The number of fused-ring (bicyclic) bond motifs is 2. The van der Waals surface area contributed by atoms with E-state index in [1.54, 1.807) is 6.08 Å². The summed E-state index contributed by atoms with van der Waals surface area (Å²) in [6.07, 6.45) is 3.07. The van der Waals surface area contributed by atoms with Gasteiger partial charge in [-0.25, -0.2) is 9.59 Å². The lowest BCUT2D eigenvalue weighted by Gasteiger charge is -2.38. The number of esters is 2. The zero-order chi connectivity index (χ0) is 14.4. The number of rotatable bonds is 2. The van der Waals surface area contributed by atoms with Gasteiger partial charge in [-0.2, -0.15) is 0 Å². The molecule has 2 aliphatic rings. The molecule has 0 unspecified atom stereocenters. The summed E-state index contributed by atoms with van der Waals surface area (Å²) in [5, 5.41) is 0. The third kappa shape index (κ3) is 1.72. The van der Waals surface area contributed by atoms with E-state index in [1.165, 1.54) is 14.2 Å². The fourth-order valence-corrected chi connectivity index (χ4v) is 2.64. The van der Waals surface area contributed by atoms with E-state index in [1.807, 2.05) is 26.8 Å². The van der Waals surface area contributed by atoms with Crippen molar-refractivity contribution in [2.45, 2.75) is 32.5 Å². The Hall–Kier alpha value is -1.62. The number of hydrogen-bond donors (Lipinski definition) is 0. The van der Waals surface area contributed by atoms with Gasteiger partial charge in [0, 0.05) is 0 Å². The van der Waals surface area contributed by atoms with Crippen molar-refractivity contribution in [2.75, 3.05) is 14.2 Å². The highest BCUT2D eigenvalue weighted by Crippen LogP contribution is 2.52. The standard InChI is InChI=1S/C14H18O5/c1-13(2,3)14-7-6-8(19-14)9(11(15)17-4)10(14)12(16)18-5/h6-8H,1-5H3/t8-,14+/m0/s1. The lowest BCUT2D eigenvalue weighted by molar-refractivity contribution is -0.140. The van der Waals surface area contributed by atoms with Gasteiger partial charge in [0.2, 0.25) is 0 Å². The Morgan fingerprint density at radius 1 is 1.21 bits per heavy atom. The molecule has 5 nitrogen and oxygen atoms in total. The minimum absolute atomic E-state index is 0.242. The molecule has 2 aliphatic heterocycles. The van der Waals surface area contributed by atoms with Crippen molar-refractivity contribution in [3.05, 3.63) is 23.3 Å². The minimum Gasteiger partial charge on any atom is -0.466 e. The Balaban J connectivity index is 2.64. The number of hydrogen-bond acceptors (Lipinski definition) is 5. The van der Waals surface area contributed by atoms with E-state index >= 15 is 0 Å². The van der Waals surface area contributed by atoms with Gasteiger partial charge in [0.25, 0.3) is 0 Å². The number of ether oxygens (including phenoxy) is 3. The topological polar surface area (TPSA) is 61.8 Å². The largest absolute Gasteiger partial charge is 0.466 e. The number of carbonyl (C=O) groups is 2. The molecule has 0 spiro atoms. The fraction of sp³-hybridized carbons (Fsp3) is 0.571. The van der Waals surface area contributed by atoms with Crippen LogP contribution in [0.2, 0.25) is 0 Å². The second-order valence-corrected chi connectivity index (χ2v) is 5.66. The summed E-state index contributed by atoms with van der Waals surface area (Å²) >= 11 is 0. The summed E-state index contributed by atoms with van der Waals surface area (Å²) in [5.41, 5.74) is -0.833. The number of methoxy groups -OCH3 is 2. The van der Waals surface area contributed by atoms with Crippen molar-refractivity contribution >= 4 is 11.9 Å². The van der Waals surface area contributed by atoms with Gasteiger partial charge < -0.3 is 14.2 Å². The maximum Gasteiger partial charge on any atom is 0.337 e. The van der Waals surface area contributed by atoms with E-state index < -0.39 is 29.1 Å². The van der Waals surface area contributed by atoms with E-state index in [0.717, 1.165) is 0 Å². The van der Waals surface area contributed by atoms with Crippen molar-refractivity contribution in [2.24, 2.45) is 5.41 Å². The van der Waals surface area contributed by atoms with Crippen LogP contribution in [0.5, 0.6) is 0 Å². The third-order valence-corrected chi connectivity index (χ3v) is 3.65. The molecule has 0 aromatic rings. The van der Waals surface area contributed by atoms with Gasteiger partial charge in [-0.15, -0.1) is 0 Å². The zero-order valence-electron chi connectivity index (χ0n) is 11.8. The Labute approximate surface area is 112 Å². The predicted octanol–water partition coefficient (Wildman–Crippen LogP) is 1.38. The molecule has 0 aromatic carbocycles. The molecule has 0 saturated carbocycles. The fourth-order valence-electron chi connectivity index (χ4n) is 2.64. The first-order valence-electron chi connectivity index (χ1n) is 6.07. The van der Waals surface area contributed by atoms with Gasteiger partial charge in [-0.05, 0) is 11.5 Å². The molecule has 19 heavy (non-hydrogen) atoms. The highest BCUT2D eigenvalue weighted by Gasteiger charge is 2.59. The second kappa shape index (κ2) is 4.20. The van der Waals surface area contributed by atoms with Crippen molar-refractivity contribution in [1.82, 2.24) is 0 Å². The molecular formula is C14H18O5. The number of carbonyl (C=O) groups excluding carboxylic acids is 2. The summed E-state index contributed by atoms with van der Waals surface area (Å²) in [5.74, 6) is -1.11. The van der Waals surface area contributed by atoms with Crippen molar-refractivity contribution in [1.29, 1.82) is 0 Å². The average molecular weight is 266 g/mol. The lowest BCUT2D eigenvalue weighted by Crippen LogP contribution is -2.44. The van der Waals surface area contributed by atoms with E-state index in [2.05, 4.69) is 0 Å². The van der Waals surface area contributed by atoms with Crippen molar-refractivity contribution < 1.29 is 23.8 Å². The van der Waals surface area contributed by atoms with Crippen LogP contribution in [0.1, 0.15) is 20.8 Å². The molecule has 2 heterocycles. The zero-order valence-corrected chi connectivity index (χ0v) is 11.8. The van der Waals surface area contributed by atoms with Crippen LogP contribution < -0.4 is 0 Å². The quantitative estimate of drug-likeness (QED) is 0.558. The first-order chi connectivity index (χ1) is 8.78. The van der Waals surface area contributed by atoms with Gasteiger partial charge in [0.15, 0.2) is 0 Å². The van der Waals surface area contributed by atoms with Gasteiger partial charge in [-0.1, -0.05) is 26.8 Å². The molecule has 0 amide bonds. The maximum absolute atomic E-state index is 12.1. The molecule has 2 atom stereocenters.